The number of carbonyl (C=O) groups is 1. The van der Waals surface area contributed by atoms with Gasteiger partial charge in [-0.1, -0.05) is 18.2 Å². The number of imidazole rings is 1. The number of fused-ring (bicyclic) bond motifs is 1. The van der Waals surface area contributed by atoms with E-state index >= 15 is 0 Å². The largest absolute Gasteiger partial charge is 0.353 e. The van der Waals surface area contributed by atoms with Crippen LogP contribution in [0, 0.1) is 11.3 Å². The summed E-state index contributed by atoms with van der Waals surface area (Å²) in [5.74, 6) is 0.000223. The van der Waals surface area contributed by atoms with Crippen LogP contribution >= 0.6 is 8.38 Å². The maximum Gasteiger partial charge on any atom is 0.256 e. The first-order valence-corrected chi connectivity index (χ1v) is 11.5. The SMILES string of the molecule is [2H]C[C@H](COP(C)OCCC#N)O[C@H](C)n1cnc2c(NC(=O)c3ccccc3)ncnc21. The molecular weight excluding hydrogens is 431 g/mol. The van der Waals surface area contributed by atoms with Gasteiger partial charge in [0.1, 0.15) is 12.6 Å². The van der Waals surface area contributed by atoms with E-state index in [1.54, 1.807) is 41.8 Å². The molecule has 0 bridgehead atoms. The zero-order chi connectivity index (χ0) is 23.6. The van der Waals surface area contributed by atoms with Gasteiger partial charge in [-0.2, -0.15) is 5.26 Å². The molecule has 2 heterocycles. The van der Waals surface area contributed by atoms with Crippen molar-refractivity contribution in [1.29, 1.82) is 5.26 Å². The summed E-state index contributed by atoms with van der Waals surface area (Å²) in [4.78, 5) is 25.3. The molecule has 0 aliphatic carbocycles. The Bertz CT molecular complexity index is 1090. The molecule has 3 rings (SSSR count). The predicted octanol–water partition coefficient (Wildman–Crippen LogP) is 3.89. The van der Waals surface area contributed by atoms with Gasteiger partial charge in [0.25, 0.3) is 5.91 Å². The summed E-state index contributed by atoms with van der Waals surface area (Å²) < 4.78 is 26.5. The number of carbonyl (C=O) groups excluding carboxylic acids is 1. The number of amides is 1. The quantitative estimate of drug-likeness (QED) is 0.340. The number of hydrogen-bond acceptors (Lipinski definition) is 8. The first-order valence-electron chi connectivity index (χ1n) is 10.6. The van der Waals surface area contributed by atoms with Crippen molar-refractivity contribution in [3.8, 4) is 6.07 Å². The summed E-state index contributed by atoms with van der Waals surface area (Å²) in [6.45, 7) is 4.09. The highest BCUT2D eigenvalue weighted by atomic mass is 31.2. The maximum atomic E-state index is 12.5. The third-order valence-electron chi connectivity index (χ3n) is 4.34. The number of ether oxygens (including phenoxy) is 1. The lowest BCUT2D eigenvalue weighted by molar-refractivity contribution is -0.0500. The Kier molecular flexibility index (Phi) is 8.06. The van der Waals surface area contributed by atoms with Crippen LogP contribution in [0.3, 0.4) is 0 Å². The van der Waals surface area contributed by atoms with Crippen LogP contribution < -0.4 is 5.32 Å². The van der Waals surface area contributed by atoms with E-state index < -0.39 is 20.7 Å². The molecule has 11 heteroatoms. The van der Waals surface area contributed by atoms with E-state index in [9.17, 15) is 4.79 Å². The second kappa shape index (κ2) is 11.6. The van der Waals surface area contributed by atoms with Gasteiger partial charge in [0, 0.05) is 13.6 Å². The van der Waals surface area contributed by atoms with Gasteiger partial charge in [-0.15, -0.1) is 0 Å². The summed E-state index contributed by atoms with van der Waals surface area (Å²) in [6.07, 6.45) is 2.21. The van der Waals surface area contributed by atoms with E-state index in [2.05, 4.69) is 20.3 Å². The minimum absolute atomic E-state index is 0.00823. The average Bonchev–Trinajstić information content (AvgIpc) is 3.27. The Morgan fingerprint density at radius 2 is 2.12 bits per heavy atom. The van der Waals surface area contributed by atoms with Crippen LogP contribution in [-0.4, -0.2) is 51.4 Å². The van der Waals surface area contributed by atoms with Crippen molar-refractivity contribution in [2.75, 3.05) is 25.2 Å². The van der Waals surface area contributed by atoms with Crippen molar-refractivity contribution < 1.29 is 19.9 Å². The van der Waals surface area contributed by atoms with Crippen molar-refractivity contribution in [2.45, 2.75) is 32.6 Å². The Labute approximate surface area is 188 Å². The fourth-order valence-electron chi connectivity index (χ4n) is 2.81. The highest BCUT2D eigenvalue weighted by molar-refractivity contribution is 7.46. The van der Waals surface area contributed by atoms with E-state index in [0.29, 0.717) is 35.6 Å². The van der Waals surface area contributed by atoms with Crippen LogP contribution in [-0.2, 0) is 13.8 Å². The van der Waals surface area contributed by atoms with Crippen LogP contribution in [0.25, 0.3) is 11.2 Å². The normalized spacial score (nSPS) is 14.3. The number of hydrogen-bond donors (Lipinski definition) is 1. The molecule has 0 saturated carbocycles. The second-order valence-corrected chi connectivity index (χ2v) is 8.10. The van der Waals surface area contributed by atoms with Crippen molar-refractivity contribution in [3.05, 3.63) is 48.5 Å². The van der Waals surface area contributed by atoms with Crippen LogP contribution in [0.5, 0.6) is 0 Å². The summed E-state index contributed by atoms with van der Waals surface area (Å²) in [5, 5.41) is 11.3. The third kappa shape index (κ3) is 6.28. The summed E-state index contributed by atoms with van der Waals surface area (Å²) in [6, 6.07) is 10.8. The highest BCUT2D eigenvalue weighted by Crippen LogP contribution is 2.34. The molecule has 0 spiro atoms. The molecule has 3 aromatic rings. The molecule has 168 valence electrons. The first-order chi connectivity index (χ1) is 16.0. The molecule has 10 nitrogen and oxygen atoms in total. The van der Waals surface area contributed by atoms with Crippen molar-refractivity contribution >= 4 is 31.3 Å². The van der Waals surface area contributed by atoms with Gasteiger partial charge >= 0.3 is 0 Å². The number of aromatic nitrogens is 4. The molecule has 0 fully saturated rings. The number of nitrogens with zero attached hydrogens (tertiary/aromatic N) is 5. The lowest BCUT2D eigenvalue weighted by atomic mass is 10.2. The van der Waals surface area contributed by atoms with Crippen LogP contribution in [0.15, 0.2) is 43.0 Å². The van der Waals surface area contributed by atoms with Crippen LogP contribution in [0.4, 0.5) is 5.82 Å². The summed E-state index contributed by atoms with van der Waals surface area (Å²) in [7, 11) is -1.16. The Hall–Kier alpha value is -2.96. The molecule has 32 heavy (non-hydrogen) atoms. The van der Waals surface area contributed by atoms with E-state index in [4.69, 9.17) is 20.4 Å². The minimum Gasteiger partial charge on any atom is -0.353 e. The maximum absolute atomic E-state index is 12.5. The smallest absolute Gasteiger partial charge is 0.256 e. The van der Waals surface area contributed by atoms with Crippen molar-refractivity contribution in [1.82, 2.24) is 19.5 Å². The van der Waals surface area contributed by atoms with Gasteiger partial charge in [0.05, 0.1) is 38.1 Å². The van der Waals surface area contributed by atoms with Crippen LogP contribution in [0.2, 0.25) is 0 Å². The number of benzene rings is 1. The summed E-state index contributed by atoms with van der Waals surface area (Å²) in [5.41, 5.74) is 1.42. The molecule has 0 saturated heterocycles. The second-order valence-electron chi connectivity index (χ2n) is 6.70. The van der Waals surface area contributed by atoms with Gasteiger partial charge in [-0.25, -0.2) is 15.0 Å². The van der Waals surface area contributed by atoms with Crippen molar-refractivity contribution in [2.24, 2.45) is 0 Å². The molecular formula is C21H25N6O4P. The van der Waals surface area contributed by atoms with Gasteiger partial charge in [-0.05, 0) is 26.0 Å². The molecule has 1 N–H and O–H groups in total. The van der Waals surface area contributed by atoms with E-state index in [1.807, 2.05) is 19.1 Å². The lowest BCUT2D eigenvalue weighted by Gasteiger charge is -2.21. The Balaban J connectivity index is 1.65. The topological polar surface area (TPSA) is 124 Å². The van der Waals surface area contributed by atoms with E-state index in [0.717, 1.165) is 0 Å². The van der Waals surface area contributed by atoms with E-state index in [1.165, 1.54) is 6.33 Å². The average molecular weight is 457 g/mol. The molecule has 3 atom stereocenters. The van der Waals surface area contributed by atoms with Gasteiger partial charge in [0.15, 0.2) is 25.4 Å². The Morgan fingerprint density at radius 3 is 2.88 bits per heavy atom. The Morgan fingerprint density at radius 1 is 1.31 bits per heavy atom. The van der Waals surface area contributed by atoms with Gasteiger partial charge in [0.2, 0.25) is 0 Å². The molecule has 0 aliphatic heterocycles. The molecule has 1 amide bonds. The summed E-state index contributed by atoms with van der Waals surface area (Å²) >= 11 is 0. The van der Waals surface area contributed by atoms with E-state index in [-0.39, 0.29) is 19.4 Å². The zero-order valence-corrected chi connectivity index (χ0v) is 18.7. The van der Waals surface area contributed by atoms with Crippen LogP contribution in [0.1, 0.15) is 38.2 Å². The first kappa shape index (κ1) is 22.2. The fourth-order valence-corrected chi connectivity index (χ4v) is 3.61. The zero-order valence-electron chi connectivity index (χ0n) is 18.8. The van der Waals surface area contributed by atoms with Gasteiger partial charge in [-0.3, -0.25) is 9.36 Å². The predicted molar refractivity (Wildman–Crippen MR) is 120 cm³/mol. The number of rotatable bonds is 11. The molecule has 0 radical (unpaired) electrons. The standard InChI is InChI=1S/C21H25N6O4P/c1-15(12-30-32(3)29-11-7-10-22)31-16(2)27-14-25-18-19(23-13-24-20(18)27)26-21(28)17-8-5-4-6-9-17/h4-6,8-9,13-16H,7,11-12H2,1-3H3,(H,23,24,26,28)/t15-,16-,32?/m1/s1/i1D. The lowest BCUT2D eigenvalue weighted by Crippen LogP contribution is -2.20. The molecule has 0 aliphatic rings. The molecule has 1 unspecified atom stereocenters. The number of nitriles is 1. The number of anilines is 1. The van der Waals surface area contributed by atoms with Gasteiger partial charge < -0.3 is 19.1 Å². The molecule has 1 aromatic carbocycles. The number of nitrogens with one attached hydrogen (secondary N) is 1. The highest BCUT2D eigenvalue weighted by Gasteiger charge is 2.18. The van der Waals surface area contributed by atoms with Crippen molar-refractivity contribution in [3.63, 3.8) is 0 Å². The minimum atomic E-state index is -1.16. The molecule has 2 aromatic heterocycles. The third-order valence-corrected chi connectivity index (χ3v) is 5.40. The fraction of sp³-hybridized carbons (Fsp3) is 0.381. The monoisotopic (exact) mass is 457 g/mol.